The number of phenolic OH excluding ortho intramolecular Hbond substituents is 3. The predicted molar refractivity (Wildman–Crippen MR) is 108 cm³/mol. The highest BCUT2D eigenvalue weighted by atomic mass is 35.5. The minimum atomic E-state index is -0.651. The summed E-state index contributed by atoms with van der Waals surface area (Å²) in [6.07, 6.45) is 2.25. The van der Waals surface area contributed by atoms with E-state index in [2.05, 4.69) is 5.32 Å². The third-order valence-electron chi connectivity index (χ3n) is 5.02. The summed E-state index contributed by atoms with van der Waals surface area (Å²) in [5, 5.41) is 32.2. The molecule has 1 saturated heterocycles. The van der Waals surface area contributed by atoms with Crippen LogP contribution in [-0.4, -0.2) is 51.2 Å². The van der Waals surface area contributed by atoms with Gasteiger partial charge in [-0.05, 0) is 49.1 Å². The predicted octanol–water partition coefficient (Wildman–Crippen LogP) is 2.81. The normalized spacial score (nSPS) is 14.6. The second kappa shape index (κ2) is 9.05. The lowest BCUT2D eigenvalue weighted by molar-refractivity contribution is -0.122. The number of hydrogen-bond acceptors (Lipinski definition) is 5. The highest BCUT2D eigenvalue weighted by Gasteiger charge is 2.25. The minimum absolute atomic E-state index is 0.00149. The summed E-state index contributed by atoms with van der Waals surface area (Å²) in [4.78, 5) is 26.4. The maximum Gasteiger partial charge on any atom is 0.254 e. The zero-order chi connectivity index (χ0) is 21.0. The number of hydrogen-bond donors (Lipinski definition) is 4. The summed E-state index contributed by atoms with van der Waals surface area (Å²) in [6.45, 7) is 0.896. The Morgan fingerprint density at radius 1 is 1.03 bits per heavy atom. The van der Waals surface area contributed by atoms with Gasteiger partial charge in [-0.2, -0.15) is 0 Å². The van der Waals surface area contributed by atoms with Crippen LogP contribution in [0.3, 0.4) is 0 Å². The molecule has 0 atom stereocenters. The van der Waals surface area contributed by atoms with E-state index in [1.165, 1.54) is 0 Å². The van der Waals surface area contributed by atoms with Gasteiger partial charge in [0.1, 0.15) is 0 Å². The fourth-order valence-electron chi connectivity index (χ4n) is 3.35. The largest absolute Gasteiger partial charge is 0.504 e. The lowest BCUT2D eigenvalue weighted by Gasteiger charge is -2.32. The molecule has 7 nitrogen and oxygen atoms in total. The number of halogens is 1. The van der Waals surface area contributed by atoms with Gasteiger partial charge in [-0.15, -0.1) is 0 Å². The van der Waals surface area contributed by atoms with E-state index in [9.17, 15) is 24.9 Å². The first-order valence-electron chi connectivity index (χ1n) is 9.41. The van der Waals surface area contributed by atoms with Crippen molar-refractivity contribution in [3.05, 3.63) is 52.5 Å². The molecule has 29 heavy (non-hydrogen) atoms. The Labute approximate surface area is 173 Å². The third kappa shape index (κ3) is 5.32. The number of aromatic hydroxyl groups is 3. The Morgan fingerprint density at radius 3 is 2.21 bits per heavy atom. The molecule has 3 rings (SSSR count). The Kier molecular flexibility index (Phi) is 6.49. The van der Waals surface area contributed by atoms with Crippen molar-refractivity contribution in [3.8, 4) is 17.2 Å². The molecule has 1 aliphatic heterocycles. The highest BCUT2D eigenvalue weighted by Crippen LogP contribution is 2.35. The molecule has 0 unspecified atom stereocenters. The van der Waals surface area contributed by atoms with Crippen molar-refractivity contribution < 1.29 is 24.9 Å². The van der Waals surface area contributed by atoms with Crippen molar-refractivity contribution in [2.45, 2.75) is 31.7 Å². The van der Waals surface area contributed by atoms with Crippen molar-refractivity contribution in [1.29, 1.82) is 0 Å². The van der Waals surface area contributed by atoms with Gasteiger partial charge < -0.3 is 25.5 Å². The molecule has 0 aliphatic carbocycles. The topological polar surface area (TPSA) is 110 Å². The number of nitrogens with one attached hydrogen (secondary N) is 1. The molecule has 154 valence electrons. The summed E-state index contributed by atoms with van der Waals surface area (Å²) < 4.78 is 0. The first-order valence-corrected chi connectivity index (χ1v) is 9.79. The summed E-state index contributed by atoms with van der Waals surface area (Å²) in [5.41, 5.74) is 1.15. The van der Waals surface area contributed by atoms with Crippen molar-refractivity contribution in [2.75, 3.05) is 13.1 Å². The number of phenols is 3. The number of benzene rings is 2. The van der Waals surface area contributed by atoms with Gasteiger partial charge in [0.05, 0.1) is 0 Å². The van der Waals surface area contributed by atoms with Gasteiger partial charge in [0.15, 0.2) is 17.2 Å². The average Bonchev–Trinajstić information content (AvgIpc) is 2.71. The number of nitrogens with zero attached hydrogens (tertiary/aromatic N) is 1. The molecule has 2 amide bonds. The Bertz CT molecular complexity index is 869. The zero-order valence-corrected chi connectivity index (χ0v) is 16.5. The number of likely N-dealkylation sites (tertiary alicyclic amines) is 1. The number of aryl methyl sites for hydroxylation is 1. The molecule has 8 heteroatoms. The van der Waals surface area contributed by atoms with Crippen LogP contribution in [0.5, 0.6) is 17.2 Å². The molecular formula is C21H23ClN2O5. The second-order valence-electron chi connectivity index (χ2n) is 7.12. The molecule has 1 fully saturated rings. The van der Waals surface area contributed by atoms with E-state index in [1.54, 1.807) is 17.0 Å². The van der Waals surface area contributed by atoms with Crippen LogP contribution in [0.1, 0.15) is 35.2 Å². The second-order valence-corrected chi connectivity index (χ2v) is 7.56. The first kappa shape index (κ1) is 20.8. The third-order valence-corrected chi connectivity index (χ3v) is 5.27. The number of piperidine rings is 1. The van der Waals surface area contributed by atoms with Gasteiger partial charge in [-0.1, -0.05) is 23.7 Å². The molecule has 0 radical (unpaired) electrons. The van der Waals surface area contributed by atoms with Crippen LogP contribution in [0.15, 0.2) is 36.4 Å². The molecular weight excluding hydrogens is 396 g/mol. The average molecular weight is 419 g/mol. The first-order chi connectivity index (χ1) is 13.8. The highest BCUT2D eigenvalue weighted by molar-refractivity contribution is 6.30. The Balaban J connectivity index is 1.46. The van der Waals surface area contributed by atoms with Gasteiger partial charge in [0.25, 0.3) is 5.91 Å². The van der Waals surface area contributed by atoms with Crippen LogP contribution in [0.2, 0.25) is 5.02 Å². The number of carbonyl (C=O) groups is 2. The van der Waals surface area contributed by atoms with Crippen LogP contribution in [0.25, 0.3) is 0 Å². The van der Waals surface area contributed by atoms with Crippen LogP contribution >= 0.6 is 11.6 Å². The van der Waals surface area contributed by atoms with Gasteiger partial charge in [-0.25, -0.2) is 0 Å². The Morgan fingerprint density at radius 2 is 1.62 bits per heavy atom. The number of rotatable bonds is 5. The van der Waals surface area contributed by atoms with Crippen LogP contribution in [0, 0.1) is 0 Å². The van der Waals surface area contributed by atoms with Gasteiger partial charge >= 0.3 is 0 Å². The van der Waals surface area contributed by atoms with Gasteiger partial charge in [0.2, 0.25) is 5.91 Å². The van der Waals surface area contributed by atoms with E-state index in [0.717, 1.165) is 17.7 Å². The summed E-state index contributed by atoms with van der Waals surface area (Å²) in [5.74, 6) is -2.12. The maximum atomic E-state index is 12.6. The summed E-state index contributed by atoms with van der Waals surface area (Å²) >= 11 is 5.86. The van der Waals surface area contributed by atoms with Crippen molar-refractivity contribution in [3.63, 3.8) is 0 Å². The fraction of sp³-hybridized carbons (Fsp3) is 0.333. The standard InChI is InChI=1S/C21H23ClN2O5/c22-15-4-1-13(2-5-15)3-6-19(27)23-16-7-9-24(10-8-16)21(29)14-11-17(25)20(28)18(26)12-14/h1-2,4-5,11-12,16,25-26,28H,3,6-10H2,(H,23,27). The zero-order valence-electron chi connectivity index (χ0n) is 15.8. The smallest absolute Gasteiger partial charge is 0.254 e. The van der Waals surface area contributed by atoms with E-state index in [-0.39, 0.29) is 23.4 Å². The van der Waals surface area contributed by atoms with Gasteiger partial charge in [0, 0.05) is 36.1 Å². The minimum Gasteiger partial charge on any atom is -0.504 e. The molecule has 2 aromatic carbocycles. The van der Waals surface area contributed by atoms with E-state index in [1.807, 2.05) is 12.1 Å². The van der Waals surface area contributed by atoms with Crippen molar-refractivity contribution >= 4 is 23.4 Å². The van der Waals surface area contributed by atoms with E-state index >= 15 is 0 Å². The van der Waals surface area contributed by atoms with Crippen molar-refractivity contribution in [1.82, 2.24) is 10.2 Å². The number of amides is 2. The molecule has 0 spiro atoms. The molecule has 2 aromatic rings. The fourth-order valence-corrected chi connectivity index (χ4v) is 3.47. The molecule has 4 N–H and O–H groups in total. The molecule has 0 bridgehead atoms. The Hall–Kier alpha value is -2.93. The summed E-state index contributed by atoms with van der Waals surface area (Å²) in [6, 6.07) is 9.66. The van der Waals surface area contributed by atoms with E-state index in [0.29, 0.717) is 43.8 Å². The molecule has 0 saturated carbocycles. The lowest BCUT2D eigenvalue weighted by Crippen LogP contribution is -2.46. The lowest BCUT2D eigenvalue weighted by atomic mass is 10.0. The molecule has 1 heterocycles. The van der Waals surface area contributed by atoms with E-state index < -0.39 is 17.2 Å². The quantitative estimate of drug-likeness (QED) is 0.558. The SMILES string of the molecule is O=C(CCc1ccc(Cl)cc1)NC1CCN(C(=O)c2cc(O)c(O)c(O)c2)CC1. The van der Waals surface area contributed by atoms with Gasteiger partial charge in [-0.3, -0.25) is 9.59 Å². The molecule has 1 aliphatic rings. The molecule has 0 aromatic heterocycles. The van der Waals surface area contributed by atoms with Crippen LogP contribution < -0.4 is 5.32 Å². The summed E-state index contributed by atoms with van der Waals surface area (Å²) in [7, 11) is 0. The van der Waals surface area contributed by atoms with Crippen molar-refractivity contribution in [2.24, 2.45) is 0 Å². The number of carbonyl (C=O) groups excluding carboxylic acids is 2. The van der Waals surface area contributed by atoms with Crippen LogP contribution in [0.4, 0.5) is 0 Å². The van der Waals surface area contributed by atoms with E-state index in [4.69, 9.17) is 11.6 Å². The monoisotopic (exact) mass is 418 g/mol. The maximum absolute atomic E-state index is 12.6. The van der Waals surface area contributed by atoms with Crippen LogP contribution in [-0.2, 0) is 11.2 Å².